The molecule has 2 saturated heterocycles. The van der Waals surface area contributed by atoms with Crippen molar-refractivity contribution in [2.24, 2.45) is 0 Å². The highest BCUT2D eigenvalue weighted by molar-refractivity contribution is 6.30. The summed E-state index contributed by atoms with van der Waals surface area (Å²) < 4.78 is 13.7. The van der Waals surface area contributed by atoms with Crippen LogP contribution in [0.5, 0.6) is 0 Å². The molecule has 4 nitrogen and oxygen atoms in total. The van der Waals surface area contributed by atoms with Gasteiger partial charge in [-0.1, -0.05) is 11.6 Å². The minimum absolute atomic E-state index is 0.00339. The Morgan fingerprint density at radius 3 is 2.58 bits per heavy atom. The highest BCUT2D eigenvalue weighted by atomic mass is 35.5. The third kappa shape index (κ3) is 2.41. The topological polar surface area (TPSA) is 40.6 Å². The number of carbonyl (C=O) groups is 2. The minimum Gasteiger partial charge on any atom is -0.338 e. The van der Waals surface area contributed by atoms with Gasteiger partial charge >= 0.3 is 0 Å². The molecular formula is C18H20ClFN2O2. The lowest BCUT2D eigenvalue weighted by atomic mass is 9.85. The lowest BCUT2D eigenvalue weighted by molar-refractivity contribution is -0.146. The first kappa shape index (κ1) is 15.9. The predicted molar refractivity (Wildman–Crippen MR) is 88.4 cm³/mol. The van der Waals surface area contributed by atoms with Crippen LogP contribution in [-0.4, -0.2) is 46.3 Å². The molecule has 0 N–H and O–H groups in total. The molecule has 0 radical (unpaired) electrons. The number of benzene rings is 1. The van der Waals surface area contributed by atoms with Crippen molar-refractivity contribution in [3.8, 4) is 0 Å². The number of hydrogen-bond acceptors (Lipinski definition) is 2. The number of carbonyl (C=O) groups excluding carboxylic acids is 2. The van der Waals surface area contributed by atoms with Crippen LogP contribution in [0, 0.1) is 5.82 Å². The molecule has 1 aromatic carbocycles. The highest BCUT2D eigenvalue weighted by Gasteiger charge is 2.54. The van der Waals surface area contributed by atoms with Gasteiger partial charge in [0.15, 0.2) is 0 Å². The summed E-state index contributed by atoms with van der Waals surface area (Å²) in [5.41, 5.74) is -0.469. The van der Waals surface area contributed by atoms with Crippen LogP contribution in [0.3, 0.4) is 0 Å². The number of nitrogens with zero attached hydrogens (tertiary/aromatic N) is 2. The van der Waals surface area contributed by atoms with Gasteiger partial charge in [-0.3, -0.25) is 9.59 Å². The van der Waals surface area contributed by atoms with Crippen molar-refractivity contribution < 1.29 is 14.0 Å². The van der Waals surface area contributed by atoms with Gasteiger partial charge in [-0.15, -0.1) is 0 Å². The Bertz CT molecular complexity index is 706. The Morgan fingerprint density at radius 1 is 1.21 bits per heavy atom. The standard InChI is InChI=1S/C18H20ClFN2O2/c19-14-6-3-12(11-15(14)20)16(23)22-10-2-8-18(22)7-1-9-21(17(18)24)13-4-5-13/h3,6,11,13H,1-2,4-5,7-10H2. The fraction of sp³-hybridized carbons (Fsp3) is 0.556. The van der Waals surface area contributed by atoms with E-state index < -0.39 is 11.4 Å². The molecule has 4 rings (SSSR count). The molecule has 1 spiro atoms. The van der Waals surface area contributed by atoms with Gasteiger partial charge in [0.05, 0.1) is 5.02 Å². The van der Waals surface area contributed by atoms with Crippen LogP contribution in [0.25, 0.3) is 0 Å². The van der Waals surface area contributed by atoms with Crippen LogP contribution < -0.4 is 0 Å². The van der Waals surface area contributed by atoms with Gasteiger partial charge in [0, 0.05) is 24.7 Å². The van der Waals surface area contributed by atoms with Crippen LogP contribution in [0.4, 0.5) is 4.39 Å². The molecule has 1 aromatic rings. The summed E-state index contributed by atoms with van der Waals surface area (Å²) >= 11 is 5.71. The number of rotatable bonds is 2. The van der Waals surface area contributed by atoms with E-state index in [9.17, 15) is 14.0 Å². The number of hydrogen-bond donors (Lipinski definition) is 0. The third-order valence-electron chi connectivity index (χ3n) is 5.54. The number of piperidine rings is 1. The summed E-state index contributed by atoms with van der Waals surface area (Å²) in [7, 11) is 0. The molecule has 24 heavy (non-hydrogen) atoms. The monoisotopic (exact) mass is 350 g/mol. The van der Waals surface area contributed by atoms with Gasteiger partial charge in [0.2, 0.25) is 5.91 Å². The normalized spacial score (nSPS) is 27.2. The predicted octanol–water partition coefficient (Wildman–Crippen LogP) is 3.24. The van der Waals surface area contributed by atoms with Gasteiger partial charge in [-0.05, 0) is 56.7 Å². The first-order chi connectivity index (χ1) is 11.5. The maximum atomic E-state index is 13.7. The third-order valence-corrected chi connectivity index (χ3v) is 5.84. The quantitative estimate of drug-likeness (QED) is 0.821. The zero-order valence-corrected chi connectivity index (χ0v) is 14.2. The molecule has 2 aliphatic heterocycles. The summed E-state index contributed by atoms with van der Waals surface area (Å²) in [6, 6.07) is 4.46. The van der Waals surface area contributed by atoms with Gasteiger partial charge in [0.1, 0.15) is 11.4 Å². The molecule has 3 fully saturated rings. The summed E-state index contributed by atoms with van der Waals surface area (Å²) in [4.78, 5) is 29.8. The Balaban J connectivity index is 1.65. The van der Waals surface area contributed by atoms with E-state index in [1.165, 1.54) is 18.2 Å². The summed E-state index contributed by atoms with van der Waals surface area (Å²) in [6.45, 7) is 1.34. The second kappa shape index (κ2) is 5.73. The maximum absolute atomic E-state index is 13.7. The van der Waals surface area contributed by atoms with Crippen LogP contribution >= 0.6 is 11.6 Å². The lowest BCUT2D eigenvalue weighted by Crippen LogP contribution is -2.61. The summed E-state index contributed by atoms with van der Waals surface area (Å²) in [5.74, 6) is -0.782. The van der Waals surface area contributed by atoms with E-state index in [2.05, 4.69) is 0 Å². The zero-order chi connectivity index (χ0) is 16.9. The van der Waals surface area contributed by atoms with Crippen LogP contribution in [-0.2, 0) is 4.79 Å². The molecule has 2 amide bonds. The number of amides is 2. The van der Waals surface area contributed by atoms with E-state index in [1.54, 1.807) is 4.90 Å². The van der Waals surface area contributed by atoms with Gasteiger partial charge in [0.25, 0.3) is 5.91 Å². The zero-order valence-electron chi connectivity index (χ0n) is 13.4. The smallest absolute Gasteiger partial charge is 0.254 e. The average Bonchev–Trinajstić information content (AvgIpc) is 3.33. The molecule has 128 valence electrons. The van der Waals surface area contributed by atoms with Crippen molar-refractivity contribution in [1.82, 2.24) is 9.80 Å². The lowest BCUT2D eigenvalue weighted by Gasteiger charge is -2.44. The average molecular weight is 351 g/mol. The Labute approximate surface area is 145 Å². The van der Waals surface area contributed by atoms with Crippen molar-refractivity contribution in [2.75, 3.05) is 13.1 Å². The second-order valence-corrected chi connectivity index (χ2v) is 7.46. The SMILES string of the molecule is O=C(c1ccc(Cl)c(F)c1)N1CCCC12CCCN(C1CC1)C2=O. The minimum atomic E-state index is -0.728. The van der Waals surface area contributed by atoms with E-state index in [1.807, 2.05) is 4.90 Å². The Morgan fingerprint density at radius 2 is 1.92 bits per heavy atom. The molecule has 2 heterocycles. The molecule has 1 saturated carbocycles. The Hall–Kier alpha value is -1.62. The number of halogens is 2. The molecule has 0 bridgehead atoms. The van der Waals surface area contributed by atoms with Crippen molar-refractivity contribution in [3.05, 3.63) is 34.6 Å². The van der Waals surface area contributed by atoms with Crippen LogP contribution in [0.2, 0.25) is 5.02 Å². The molecular weight excluding hydrogens is 331 g/mol. The largest absolute Gasteiger partial charge is 0.338 e. The molecule has 0 aromatic heterocycles. The van der Waals surface area contributed by atoms with Crippen molar-refractivity contribution in [3.63, 3.8) is 0 Å². The van der Waals surface area contributed by atoms with Gasteiger partial charge < -0.3 is 9.80 Å². The summed E-state index contributed by atoms with van der Waals surface area (Å²) in [6.07, 6.45) is 5.27. The fourth-order valence-electron chi connectivity index (χ4n) is 4.19. The van der Waals surface area contributed by atoms with Crippen LogP contribution in [0.15, 0.2) is 18.2 Å². The van der Waals surface area contributed by atoms with Crippen LogP contribution in [0.1, 0.15) is 48.9 Å². The van der Waals surface area contributed by atoms with Gasteiger partial charge in [-0.2, -0.15) is 0 Å². The fourth-order valence-corrected chi connectivity index (χ4v) is 4.31. The Kier molecular flexibility index (Phi) is 3.79. The van der Waals surface area contributed by atoms with E-state index in [4.69, 9.17) is 11.6 Å². The van der Waals surface area contributed by atoms with Crippen molar-refractivity contribution in [2.45, 2.75) is 50.1 Å². The number of likely N-dealkylation sites (tertiary alicyclic amines) is 2. The second-order valence-electron chi connectivity index (χ2n) is 7.05. The maximum Gasteiger partial charge on any atom is 0.254 e. The first-order valence-electron chi connectivity index (χ1n) is 8.61. The molecule has 1 unspecified atom stereocenters. The first-order valence-corrected chi connectivity index (χ1v) is 8.99. The van der Waals surface area contributed by atoms with E-state index in [0.29, 0.717) is 25.4 Å². The molecule has 1 atom stereocenters. The van der Waals surface area contributed by atoms with Gasteiger partial charge in [-0.25, -0.2) is 4.39 Å². The van der Waals surface area contributed by atoms with E-state index in [-0.39, 0.29) is 22.4 Å². The molecule has 6 heteroatoms. The molecule has 1 aliphatic carbocycles. The van der Waals surface area contributed by atoms with Crippen molar-refractivity contribution in [1.29, 1.82) is 0 Å². The van der Waals surface area contributed by atoms with E-state index in [0.717, 1.165) is 32.2 Å². The summed E-state index contributed by atoms with van der Waals surface area (Å²) in [5, 5.41) is -0.00339. The highest BCUT2D eigenvalue weighted by Crippen LogP contribution is 2.42. The molecule has 3 aliphatic rings. The van der Waals surface area contributed by atoms with Crippen molar-refractivity contribution >= 4 is 23.4 Å². The van der Waals surface area contributed by atoms with E-state index >= 15 is 0 Å².